The van der Waals surface area contributed by atoms with Gasteiger partial charge in [0.25, 0.3) is 0 Å². The van der Waals surface area contributed by atoms with Gasteiger partial charge in [-0.2, -0.15) is 0 Å². The van der Waals surface area contributed by atoms with Crippen LogP contribution in [0.15, 0.2) is 0 Å². The van der Waals surface area contributed by atoms with E-state index >= 15 is 0 Å². The van der Waals surface area contributed by atoms with Gasteiger partial charge in [0.15, 0.2) is 0 Å². The molecule has 1 N–H and O–H groups in total. The summed E-state index contributed by atoms with van der Waals surface area (Å²) in [6.45, 7) is 6.18. The molecule has 0 saturated carbocycles. The third kappa shape index (κ3) is 4.46. The molecular weight excluding hydrogens is 240 g/mol. The predicted octanol–water partition coefficient (Wildman–Crippen LogP) is 1.48. The highest BCUT2D eigenvalue weighted by Gasteiger charge is 2.26. The maximum Gasteiger partial charge on any atom is 0.236 e. The first-order valence-electron chi connectivity index (χ1n) is 7.85. The van der Waals surface area contributed by atoms with Crippen molar-refractivity contribution in [3.63, 3.8) is 0 Å². The molecular formula is C15H28N2O2. The molecule has 0 aromatic carbocycles. The lowest BCUT2D eigenvalue weighted by atomic mass is 9.97. The molecule has 0 radical (unpaired) electrons. The Morgan fingerprint density at radius 2 is 1.74 bits per heavy atom. The van der Waals surface area contributed by atoms with E-state index in [9.17, 15) is 9.90 Å². The molecule has 0 aliphatic carbocycles. The van der Waals surface area contributed by atoms with Gasteiger partial charge >= 0.3 is 0 Å². The number of rotatable bonds is 2. The minimum atomic E-state index is -0.187. The van der Waals surface area contributed by atoms with Gasteiger partial charge in [-0.15, -0.1) is 0 Å². The first-order chi connectivity index (χ1) is 9.16. The molecule has 0 aromatic rings. The van der Waals surface area contributed by atoms with Gasteiger partial charge in [-0.3, -0.25) is 9.69 Å². The molecule has 0 aromatic heterocycles. The Labute approximate surface area is 116 Å². The van der Waals surface area contributed by atoms with E-state index in [4.69, 9.17) is 0 Å². The summed E-state index contributed by atoms with van der Waals surface area (Å²) in [5, 5.41) is 9.72. The number of piperidine rings is 1. The summed E-state index contributed by atoms with van der Waals surface area (Å²) in [5.41, 5.74) is 0. The molecule has 1 amide bonds. The number of hydrogen-bond acceptors (Lipinski definition) is 3. The number of aliphatic hydroxyl groups excluding tert-OH is 1. The summed E-state index contributed by atoms with van der Waals surface area (Å²) in [6.07, 6.45) is 6.76. The van der Waals surface area contributed by atoms with Crippen LogP contribution in [0.3, 0.4) is 0 Å². The summed E-state index contributed by atoms with van der Waals surface area (Å²) in [6, 6.07) is 0. The molecule has 110 valence electrons. The molecule has 0 bridgehead atoms. The SMILES string of the molecule is CC1CN(CC(=O)N2CCCCCCC2)CCC1O. The Morgan fingerprint density at radius 1 is 1.11 bits per heavy atom. The predicted molar refractivity (Wildman–Crippen MR) is 75.9 cm³/mol. The van der Waals surface area contributed by atoms with Crippen LogP contribution in [0.4, 0.5) is 0 Å². The van der Waals surface area contributed by atoms with E-state index in [2.05, 4.69) is 16.7 Å². The molecule has 2 aliphatic heterocycles. The fourth-order valence-electron chi connectivity index (χ4n) is 3.15. The molecule has 19 heavy (non-hydrogen) atoms. The smallest absolute Gasteiger partial charge is 0.236 e. The third-order valence-corrected chi connectivity index (χ3v) is 4.51. The van der Waals surface area contributed by atoms with Crippen molar-refractivity contribution in [3.05, 3.63) is 0 Å². The van der Waals surface area contributed by atoms with Crippen molar-refractivity contribution in [2.75, 3.05) is 32.7 Å². The number of hydrogen-bond donors (Lipinski definition) is 1. The Hall–Kier alpha value is -0.610. The molecule has 4 nitrogen and oxygen atoms in total. The minimum Gasteiger partial charge on any atom is -0.393 e. The Bertz CT molecular complexity index is 288. The maximum absolute atomic E-state index is 12.3. The van der Waals surface area contributed by atoms with Gasteiger partial charge in [0, 0.05) is 26.2 Å². The zero-order valence-corrected chi connectivity index (χ0v) is 12.2. The second-order valence-corrected chi connectivity index (χ2v) is 6.22. The van der Waals surface area contributed by atoms with E-state index in [1.54, 1.807) is 0 Å². The first-order valence-corrected chi connectivity index (χ1v) is 7.85. The van der Waals surface area contributed by atoms with Gasteiger partial charge in [0.2, 0.25) is 5.91 Å². The second-order valence-electron chi connectivity index (χ2n) is 6.22. The topological polar surface area (TPSA) is 43.8 Å². The van der Waals surface area contributed by atoms with Crippen LogP contribution in [0.25, 0.3) is 0 Å². The van der Waals surface area contributed by atoms with Crippen LogP contribution < -0.4 is 0 Å². The van der Waals surface area contributed by atoms with Gasteiger partial charge in [-0.1, -0.05) is 26.2 Å². The number of amides is 1. The third-order valence-electron chi connectivity index (χ3n) is 4.51. The highest BCUT2D eigenvalue weighted by atomic mass is 16.3. The number of carbonyl (C=O) groups is 1. The average molecular weight is 268 g/mol. The molecule has 2 aliphatic rings. The van der Waals surface area contributed by atoms with Crippen molar-refractivity contribution in [1.29, 1.82) is 0 Å². The Morgan fingerprint density at radius 3 is 2.37 bits per heavy atom. The number of carbonyl (C=O) groups excluding carboxylic acids is 1. The van der Waals surface area contributed by atoms with Crippen molar-refractivity contribution in [2.24, 2.45) is 5.92 Å². The minimum absolute atomic E-state index is 0.187. The number of aliphatic hydroxyl groups is 1. The van der Waals surface area contributed by atoms with Gasteiger partial charge < -0.3 is 10.0 Å². The monoisotopic (exact) mass is 268 g/mol. The van der Waals surface area contributed by atoms with E-state index in [-0.39, 0.29) is 17.9 Å². The molecule has 2 fully saturated rings. The van der Waals surface area contributed by atoms with Gasteiger partial charge in [-0.25, -0.2) is 0 Å². The highest BCUT2D eigenvalue weighted by Crippen LogP contribution is 2.17. The fourth-order valence-corrected chi connectivity index (χ4v) is 3.15. The first kappa shape index (κ1) is 14.8. The van der Waals surface area contributed by atoms with Crippen molar-refractivity contribution < 1.29 is 9.90 Å². The highest BCUT2D eigenvalue weighted by molar-refractivity contribution is 5.78. The van der Waals surface area contributed by atoms with Crippen LogP contribution >= 0.6 is 0 Å². The summed E-state index contributed by atoms with van der Waals surface area (Å²) in [4.78, 5) is 16.6. The van der Waals surface area contributed by atoms with Crippen LogP contribution in [-0.4, -0.2) is 59.6 Å². The summed E-state index contributed by atoms with van der Waals surface area (Å²) < 4.78 is 0. The molecule has 4 heteroatoms. The Balaban J connectivity index is 1.79. The lowest BCUT2D eigenvalue weighted by Crippen LogP contribution is -2.47. The summed E-state index contributed by atoms with van der Waals surface area (Å²) in [5.74, 6) is 0.569. The van der Waals surface area contributed by atoms with Crippen molar-refractivity contribution in [3.8, 4) is 0 Å². The lowest BCUT2D eigenvalue weighted by molar-refractivity contribution is -0.133. The average Bonchev–Trinajstić information content (AvgIpc) is 2.33. The second kappa shape index (κ2) is 7.25. The number of nitrogens with zero attached hydrogens (tertiary/aromatic N) is 2. The van der Waals surface area contributed by atoms with Crippen LogP contribution in [0.5, 0.6) is 0 Å². The van der Waals surface area contributed by atoms with Crippen LogP contribution in [0.1, 0.15) is 45.4 Å². The van der Waals surface area contributed by atoms with Gasteiger partial charge in [0.1, 0.15) is 0 Å². The van der Waals surface area contributed by atoms with Gasteiger partial charge in [-0.05, 0) is 25.2 Å². The maximum atomic E-state index is 12.3. The molecule has 2 saturated heterocycles. The normalized spacial score (nSPS) is 30.7. The Kier molecular flexibility index (Phi) is 5.64. The lowest BCUT2D eigenvalue weighted by Gasteiger charge is -2.35. The molecule has 2 rings (SSSR count). The van der Waals surface area contributed by atoms with E-state index in [0.717, 1.165) is 45.4 Å². The molecule has 2 unspecified atom stereocenters. The van der Waals surface area contributed by atoms with Crippen LogP contribution in [0.2, 0.25) is 0 Å². The van der Waals surface area contributed by atoms with E-state index in [1.165, 1.54) is 19.3 Å². The summed E-state index contributed by atoms with van der Waals surface area (Å²) >= 11 is 0. The van der Waals surface area contributed by atoms with Crippen molar-refractivity contribution >= 4 is 5.91 Å². The fraction of sp³-hybridized carbons (Fsp3) is 0.933. The molecule has 0 spiro atoms. The zero-order valence-electron chi connectivity index (χ0n) is 12.2. The quantitative estimate of drug-likeness (QED) is 0.825. The van der Waals surface area contributed by atoms with E-state index in [1.807, 2.05) is 0 Å². The molecule has 2 heterocycles. The van der Waals surface area contributed by atoms with E-state index < -0.39 is 0 Å². The standard InChI is InChI=1S/C15H28N2O2/c1-13-11-16(10-7-14(13)18)12-15(19)17-8-5-3-2-4-6-9-17/h13-14,18H,2-12H2,1H3. The van der Waals surface area contributed by atoms with E-state index in [0.29, 0.717) is 6.54 Å². The molecule has 2 atom stereocenters. The van der Waals surface area contributed by atoms with Crippen LogP contribution in [0, 0.1) is 5.92 Å². The van der Waals surface area contributed by atoms with Gasteiger partial charge in [0.05, 0.1) is 12.6 Å². The van der Waals surface area contributed by atoms with Crippen molar-refractivity contribution in [2.45, 2.75) is 51.6 Å². The van der Waals surface area contributed by atoms with Crippen molar-refractivity contribution in [1.82, 2.24) is 9.80 Å². The summed E-state index contributed by atoms with van der Waals surface area (Å²) in [7, 11) is 0. The largest absolute Gasteiger partial charge is 0.393 e. The number of likely N-dealkylation sites (tertiary alicyclic amines) is 2. The zero-order chi connectivity index (χ0) is 13.7. The van der Waals surface area contributed by atoms with Crippen LogP contribution in [-0.2, 0) is 4.79 Å².